The van der Waals surface area contributed by atoms with Crippen molar-refractivity contribution in [3.8, 4) is 44.5 Å². The quantitative estimate of drug-likeness (QED) is 0.193. The van der Waals surface area contributed by atoms with Crippen LogP contribution in [0.5, 0.6) is 0 Å². The van der Waals surface area contributed by atoms with Gasteiger partial charge in [0.15, 0.2) is 0 Å². The highest BCUT2D eigenvalue weighted by Gasteiger charge is 2.21. The molecule has 1 aliphatic heterocycles. The van der Waals surface area contributed by atoms with E-state index in [2.05, 4.69) is 158 Å². The Morgan fingerprint density at radius 3 is 1.53 bits per heavy atom. The van der Waals surface area contributed by atoms with Gasteiger partial charge in [0.05, 0.1) is 0 Å². The molecule has 1 heteroatoms. The summed E-state index contributed by atoms with van der Waals surface area (Å²) < 4.78 is 0. The highest BCUT2D eigenvalue weighted by Crippen LogP contribution is 2.50. The van der Waals surface area contributed by atoms with Crippen LogP contribution in [0, 0.1) is 0 Å². The molecule has 9 rings (SSSR count). The van der Waals surface area contributed by atoms with Crippen LogP contribution in [-0.4, -0.2) is 0 Å². The minimum absolute atomic E-state index is 1.23. The fourth-order valence-corrected chi connectivity index (χ4v) is 8.12. The van der Waals surface area contributed by atoms with Crippen molar-refractivity contribution >= 4 is 44.1 Å². The molecule has 0 nitrogen and oxygen atoms in total. The SMILES string of the molecule is c1ccc(-c2ccc(-c3c4ccccc4c(-c4ccc5c(c4)Sc4cccc6cccc-5c46)c4ccccc34)cc2)cc1. The third-order valence-corrected chi connectivity index (χ3v) is 9.98. The summed E-state index contributed by atoms with van der Waals surface area (Å²) >= 11 is 1.89. The van der Waals surface area contributed by atoms with Gasteiger partial charge in [0.1, 0.15) is 0 Å². The molecule has 0 fully saturated rings. The highest BCUT2D eigenvalue weighted by molar-refractivity contribution is 7.99. The molecule has 0 aliphatic carbocycles. The Kier molecular flexibility index (Phi) is 5.54. The minimum Gasteiger partial charge on any atom is -0.0888 e. The van der Waals surface area contributed by atoms with Gasteiger partial charge in [-0.05, 0) is 83.6 Å². The van der Waals surface area contributed by atoms with Crippen LogP contribution in [0.3, 0.4) is 0 Å². The summed E-state index contributed by atoms with van der Waals surface area (Å²) in [5, 5.41) is 7.81. The van der Waals surface area contributed by atoms with E-state index in [9.17, 15) is 0 Å². The average Bonchev–Trinajstić information content (AvgIpc) is 3.08. The van der Waals surface area contributed by atoms with Crippen LogP contribution < -0.4 is 0 Å². The van der Waals surface area contributed by atoms with Gasteiger partial charge in [-0.1, -0.05) is 157 Å². The second kappa shape index (κ2) is 9.73. The van der Waals surface area contributed by atoms with Gasteiger partial charge in [0.25, 0.3) is 0 Å². The number of rotatable bonds is 3. The molecule has 43 heavy (non-hydrogen) atoms. The summed E-state index contributed by atoms with van der Waals surface area (Å²) in [5.41, 5.74) is 10.2. The molecule has 0 atom stereocenters. The fraction of sp³-hybridized carbons (Fsp3) is 0. The van der Waals surface area contributed by atoms with Crippen molar-refractivity contribution in [3.63, 3.8) is 0 Å². The summed E-state index contributed by atoms with van der Waals surface area (Å²) in [6, 6.07) is 57.9. The molecule has 0 saturated heterocycles. The standard InChI is InChI=1S/C42H26S/c1-2-10-27(11-3-1)28-20-22-30(23-21-28)40-34-14-4-6-16-36(34)41(37-17-7-5-15-35(37)40)31-24-25-32-33-18-8-12-29-13-9-19-38(42(29)33)43-39(32)26-31/h1-26H. The maximum absolute atomic E-state index is 2.41. The Bertz CT molecular complexity index is 2290. The van der Waals surface area contributed by atoms with E-state index >= 15 is 0 Å². The monoisotopic (exact) mass is 562 g/mol. The third kappa shape index (κ3) is 3.86. The molecule has 0 radical (unpaired) electrons. The zero-order valence-corrected chi connectivity index (χ0v) is 24.2. The van der Waals surface area contributed by atoms with Gasteiger partial charge in [-0.25, -0.2) is 0 Å². The molecule has 0 aromatic heterocycles. The Morgan fingerprint density at radius 1 is 0.326 bits per heavy atom. The van der Waals surface area contributed by atoms with Crippen molar-refractivity contribution in [2.45, 2.75) is 9.79 Å². The van der Waals surface area contributed by atoms with Crippen LogP contribution in [0.2, 0.25) is 0 Å². The van der Waals surface area contributed by atoms with Gasteiger partial charge < -0.3 is 0 Å². The first-order chi connectivity index (χ1) is 21.3. The molecule has 1 aliphatic rings. The van der Waals surface area contributed by atoms with E-state index in [1.165, 1.54) is 86.6 Å². The van der Waals surface area contributed by atoms with Crippen molar-refractivity contribution < 1.29 is 0 Å². The van der Waals surface area contributed by atoms with E-state index in [1.54, 1.807) is 0 Å². The van der Waals surface area contributed by atoms with Crippen LogP contribution >= 0.6 is 11.8 Å². The predicted molar refractivity (Wildman–Crippen MR) is 185 cm³/mol. The van der Waals surface area contributed by atoms with Gasteiger partial charge in [-0.15, -0.1) is 0 Å². The second-order valence-electron chi connectivity index (χ2n) is 11.3. The summed E-state index contributed by atoms with van der Waals surface area (Å²) in [7, 11) is 0. The lowest BCUT2D eigenvalue weighted by molar-refractivity contribution is 1.40. The average molecular weight is 563 g/mol. The number of benzene rings is 8. The minimum atomic E-state index is 1.23. The molecular weight excluding hydrogens is 537 g/mol. The largest absolute Gasteiger partial charge is 0.0888 e. The normalized spacial score (nSPS) is 12.1. The molecule has 0 amide bonds. The van der Waals surface area contributed by atoms with Crippen molar-refractivity contribution in [3.05, 3.63) is 158 Å². The van der Waals surface area contributed by atoms with E-state index in [0.717, 1.165) is 0 Å². The van der Waals surface area contributed by atoms with Crippen LogP contribution in [-0.2, 0) is 0 Å². The van der Waals surface area contributed by atoms with E-state index in [4.69, 9.17) is 0 Å². The first-order valence-corrected chi connectivity index (χ1v) is 15.6. The summed E-state index contributed by atoms with van der Waals surface area (Å²) in [6.45, 7) is 0. The number of hydrogen-bond donors (Lipinski definition) is 0. The Hall–Kier alpha value is -5.11. The molecule has 0 N–H and O–H groups in total. The second-order valence-corrected chi connectivity index (χ2v) is 12.3. The Morgan fingerprint density at radius 2 is 0.860 bits per heavy atom. The molecule has 8 aromatic carbocycles. The van der Waals surface area contributed by atoms with E-state index in [0.29, 0.717) is 0 Å². The summed E-state index contributed by atoms with van der Waals surface area (Å²) in [6.07, 6.45) is 0. The van der Waals surface area contributed by atoms with Crippen LogP contribution in [0.4, 0.5) is 0 Å². The van der Waals surface area contributed by atoms with E-state index < -0.39 is 0 Å². The van der Waals surface area contributed by atoms with Crippen molar-refractivity contribution in [1.82, 2.24) is 0 Å². The van der Waals surface area contributed by atoms with Gasteiger partial charge in [-0.3, -0.25) is 0 Å². The van der Waals surface area contributed by atoms with Crippen molar-refractivity contribution in [1.29, 1.82) is 0 Å². The molecule has 0 saturated carbocycles. The van der Waals surface area contributed by atoms with Crippen molar-refractivity contribution in [2.24, 2.45) is 0 Å². The van der Waals surface area contributed by atoms with Crippen LogP contribution in [0.1, 0.15) is 0 Å². The van der Waals surface area contributed by atoms with Gasteiger partial charge in [0.2, 0.25) is 0 Å². The molecule has 200 valence electrons. The van der Waals surface area contributed by atoms with E-state index in [-0.39, 0.29) is 0 Å². The van der Waals surface area contributed by atoms with Crippen molar-refractivity contribution in [2.75, 3.05) is 0 Å². The van der Waals surface area contributed by atoms with Crippen LogP contribution in [0.25, 0.3) is 76.8 Å². The zero-order chi connectivity index (χ0) is 28.3. The van der Waals surface area contributed by atoms with Gasteiger partial charge in [0, 0.05) is 15.2 Å². The predicted octanol–water partition coefficient (Wildman–Crippen LogP) is 12.3. The fourth-order valence-electron chi connectivity index (χ4n) is 6.93. The lowest BCUT2D eigenvalue weighted by atomic mass is 9.85. The molecule has 0 bridgehead atoms. The smallest absolute Gasteiger partial charge is 0.0207 e. The summed E-state index contributed by atoms with van der Waals surface area (Å²) in [5.74, 6) is 0. The van der Waals surface area contributed by atoms with Crippen LogP contribution in [0.15, 0.2) is 168 Å². The lowest BCUT2D eigenvalue weighted by Gasteiger charge is -2.22. The maximum atomic E-state index is 2.41. The molecule has 0 unspecified atom stereocenters. The lowest BCUT2D eigenvalue weighted by Crippen LogP contribution is -1.95. The Balaban J connectivity index is 1.26. The summed E-state index contributed by atoms with van der Waals surface area (Å²) in [4.78, 5) is 2.65. The maximum Gasteiger partial charge on any atom is 0.0207 e. The van der Waals surface area contributed by atoms with Gasteiger partial charge >= 0.3 is 0 Å². The third-order valence-electron chi connectivity index (χ3n) is 8.86. The highest BCUT2D eigenvalue weighted by atomic mass is 32.2. The first kappa shape index (κ1) is 24.5. The van der Waals surface area contributed by atoms with E-state index in [1.807, 2.05) is 11.8 Å². The Labute approximate surface area is 255 Å². The van der Waals surface area contributed by atoms with Gasteiger partial charge in [-0.2, -0.15) is 0 Å². The number of fused-ring (bicyclic) bond motifs is 4. The zero-order valence-electron chi connectivity index (χ0n) is 23.4. The molecular formula is C42H26S. The number of hydrogen-bond acceptors (Lipinski definition) is 1. The topological polar surface area (TPSA) is 0 Å². The molecule has 8 aromatic rings. The molecule has 1 heterocycles. The first-order valence-electron chi connectivity index (χ1n) is 14.8. The molecule has 0 spiro atoms.